The van der Waals surface area contributed by atoms with Gasteiger partial charge in [0.1, 0.15) is 0 Å². The first-order valence-corrected chi connectivity index (χ1v) is 10.1. The molecule has 0 radical (unpaired) electrons. The summed E-state index contributed by atoms with van der Waals surface area (Å²) in [5.41, 5.74) is 0. The average Bonchev–Trinajstić information content (AvgIpc) is 3.16. The predicted molar refractivity (Wildman–Crippen MR) is 98.8 cm³/mol. The van der Waals surface area contributed by atoms with Crippen molar-refractivity contribution in [3.63, 3.8) is 0 Å². The van der Waals surface area contributed by atoms with Crippen molar-refractivity contribution in [2.75, 3.05) is 0 Å². The van der Waals surface area contributed by atoms with Gasteiger partial charge in [-0.1, -0.05) is 50.5 Å². The number of rotatable bonds is 10. The van der Waals surface area contributed by atoms with Crippen LogP contribution in [0.2, 0.25) is 0 Å². The third-order valence-corrected chi connectivity index (χ3v) is 5.90. The van der Waals surface area contributed by atoms with Crippen LogP contribution >= 0.6 is 0 Å². The predicted octanol–water partition coefficient (Wildman–Crippen LogP) is 3.47. The van der Waals surface area contributed by atoms with Gasteiger partial charge in [-0.3, -0.25) is 4.79 Å². The van der Waals surface area contributed by atoms with Gasteiger partial charge in [-0.2, -0.15) is 0 Å². The van der Waals surface area contributed by atoms with Crippen molar-refractivity contribution in [2.45, 2.75) is 88.8 Å². The Morgan fingerprint density at radius 3 is 2.81 bits per heavy atom. The van der Waals surface area contributed by atoms with E-state index in [1.807, 2.05) is 18.2 Å². The number of fused-ring (bicyclic) bond motifs is 1. The minimum Gasteiger partial charge on any atom is -0.481 e. The quantitative estimate of drug-likeness (QED) is 0.459. The van der Waals surface area contributed by atoms with Crippen molar-refractivity contribution in [3.05, 3.63) is 24.3 Å². The van der Waals surface area contributed by atoms with Gasteiger partial charge in [0.2, 0.25) is 0 Å². The molecule has 3 heterocycles. The largest absolute Gasteiger partial charge is 0.481 e. The summed E-state index contributed by atoms with van der Waals surface area (Å²) in [4.78, 5) is 10.6. The molecule has 2 N–H and O–H groups in total. The second kappa shape index (κ2) is 9.16. The lowest BCUT2D eigenvalue weighted by Crippen LogP contribution is -2.45. The lowest BCUT2D eigenvalue weighted by Gasteiger charge is -2.39. The zero-order valence-corrected chi connectivity index (χ0v) is 15.6. The maximum atomic E-state index is 10.6. The fourth-order valence-electron chi connectivity index (χ4n) is 4.60. The van der Waals surface area contributed by atoms with Gasteiger partial charge in [0.05, 0.1) is 30.5 Å². The van der Waals surface area contributed by atoms with E-state index in [1.54, 1.807) is 0 Å². The number of aliphatic hydroxyl groups excluding tert-OH is 1. The zero-order valence-electron chi connectivity index (χ0n) is 15.6. The van der Waals surface area contributed by atoms with Crippen LogP contribution < -0.4 is 0 Å². The van der Waals surface area contributed by atoms with Crippen molar-refractivity contribution in [1.82, 2.24) is 0 Å². The topological polar surface area (TPSA) is 76.0 Å². The van der Waals surface area contributed by atoms with Gasteiger partial charge in [-0.25, -0.2) is 0 Å². The van der Waals surface area contributed by atoms with Crippen LogP contribution in [0.5, 0.6) is 0 Å². The Bertz CT molecular complexity index is 528. The number of hydrogen-bond donors (Lipinski definition) is 2. The van der Waals surface area contributed by atoms with Gasteiger partial charge >= 0.3 is 5.97 Å². The summed E-state index contributed by atoms with van der Waals surface area (Å²) in [5, 5.41) is 18.9. The van der Waals surface area contributed by atoms with Crippen molar-refractivity contribution >= 4 is 5.97 Å². The minimum atomic E-state index is -0.770. The normalized spacial score (nSPS) is 37.0. The summed E-state index contributed by atoms with van der Waals surface area (Å²) in [6.45, 7) is 2.17. The standard InChI is InChI=1S/C21H32O5/c1-2-3-4-7-14(22)10-11-16-17-12-15(8-5-6-9-20(23)24)25-19-13-18(16)26-21(17)19/h5,8,10-11,14-19,21-22H,2-4,6-7,9,12-13H2,1H3,(H,23,24)/t14-,15+,16+,17-,18+,19+,21+/m1/s1. The van der Waals surface area contributed by atoms with Gasteiger partial charge in [-0.05, 0) is 25.2 Å². The molecule has 3 saturated heterocycles. The van der Waals surface area contributed by atoms with E-state index in [0.717, 1.165) is 25.7 Å². The number of hydrogen-bond acceptors (Lipinski definition) is 4. The van der Waals surface area contributed by atoms with Gasteiger partial charge in [0.25, 0.3) is 0 Å². The summed E-state index contributed by atoms with van der Waals surface area (Å²) in [7, 11) is 0. The highest BCUT2D eigenvalue weighted by atomic mass is 16.6. The highest BCUT2D eigenvalue weighted by Gasteiger charge is 2.56. The fraction of sp³-hybridized carbons (Fsp3) is 0.762. The number of ether oxygens (including phenoxy) is 2. The molecule has 26 heavy (non-hydrogen) atoms. The van der Waals surface area contributed by atoms with Crippen LogP contribution in [-0.2, 0) is 14.3 Å². The van der Waals surface area contributed by atoms with Crippen molar-refractivity contribution < 1.29 is 24.5 Å². The molecule has 5 nitrogen and oxygen atoms in total. The Morgan fingerprint density at radius 1 is 1.19 bits per heavy atom. The highest BCUT2D eigenvalue weighted by molar-refractivity contribution is 5.66. The van der Waals surface area contributed by atoms with Crippen LogP contribution in [-0.4, -0.2) is 46.7 Å². The second-order valence-electron chi connectivity index (χ2n) is 7.87. The molecular weight excluding hydrogens is 332 g/mol. The lowest BCUT2D eigenvalue weighted by molar-refractivity contribution is -0.136. The number of aliphatic hydroxyl groups is 1. The van der Waals surface area contributed by atoms with Crippen LogP contribution in [0.25, 0.3) is 0 Å². The zero-order chi connectivity index (χ0) is 18.5. The molecule has 0 amide bonds. The van der Waals surface area contributed by atoms with E-state index in [9.17, 15) is 9.90 Å². The molecule has 3 fully saturated rings. The lowest BCUT2D eigenvalue weighted by atomic mass is 9.73. The van der Waals surface area contributed by atoms with Crippen LogP contribution in [0.3, 0.4) is 0 Å². The highest BCUT2D eigenvalue weighted by Crippen LogP contribution is 2.50. The molecule has 5 heteroatoms. The molecule has 0 saturated carbocycles. The van der Waals surface area contributed by atoms with E-state index in [4.69, 9.17) is 14.6 Å². The number of aliphatic carboxylic acids is 1. The molecule has 0 aliphatic carbocycles. The second-order valence-corrected chi connectivity index (χ2v) is 7.87. The molecule has 2 bridgehead atoms. The molecule has 0 aromatic rings. The van der Waals surface area contributed by atoms with E-state index >= 15 is 0 Å². The Labute approximate surface area is 156 Å². The Morgan fingerprint density at radius 2 is 2.04 bits per heavy atom. The third kappa shape index (κ3) is 4.76. The van der Waals surface area contributed by atoms with Crippen LogP contribution in [0.1, 0.15) is 58.3 Å². The number of allylic oxidation sites excluding steroid dienone is 1. The molecule has 3 rings (SSSR count). The van der Waals surface area contributed by atoms with E-state index < -0.39 is 5.97 Å². The Kier molecular flexibility index (Phi) is 6.90. The third-order valence-electron chi connectivity index (χ3n) is 5.90. The van der Waals surface area contributed by atoms with E-state index in [0.29, 0.717) is 18.3 Å². The number of carboxylic acid groups (broad SMARTS) is 1. The monoisotopic (exact) mass is 364 g/mol. The maximum Gasteiger partial charge on any atom is 0.303 e. The SMILES string of the molecule is CCCCC[C@@H](O)C=C[C@H]1[C@H]2C[C@H](C=CCCC(=O)O)O[C@H]3C[C@@H]1O[C@@H]23. The Balaban J connectivity index is 1.53. The molecule has 3 aliphatic heterocycles. The first-order chi connectivity index (χ1) is 12.6. The summed E-state index contributed by atoms with van der Waals surface area (Å²) in [6, 6.07) is 0. The molecule has 3 aliphatic rings. The van der Waals surface area contributed by atoms with Crippen molar-refractivity contribution in [1.29, 1.82) is 0 Å². The molecular formula is C21H32O5. The summed E-state index contributed by atoms with van der Waals surface area (Å²) in [5.74, 6) is 0.0182. The number of unbranched alkanes of at least 4 members (excludes halogenated alkanes) is 2. The van der Waals surface area contributed by atoms with E-state index in [2.05, 4.69) is 13.0 Å². The van der Waals surface area contributed by atoms with Gasteiger partial charge in [0, 0.05) is 18.8 Å². The maximum absolute atomic E-state index is 10.6. The van der Waals surface area contributed by atoms with Crippen LogP contribution in [0, 0.1) is 11.8 Å². The van der Waals surface area contributed by atoms with E-state index in [-0.39, 0.29) is 36.9 Å². The van der Waals surface area contributed by atoms with E-state index in [1.165, 1.54) is 12.8 Å². The average molecular weight is 364 g/mol. The smallest absolute Gasteiger partial charge is 0.303 e. The Hall–Kier alpha value is -1.17. The summed E-state index contributed by atoms with van der Waals surface area (Å²) in [6.07, 6.45) is 15.1. The van der Waals surface area contributed by atoms with Crippen LogP contribution in [0.15, 0.2) is 24.3 Å². The number of carbonyl (C=O) groups is 1. The summed E-state index contributed by atoms with van der Waals surface area (Å²) >= 11 is 0. The van der Waals surface area contributed by atoms with Crippen molar-refractivity contribution in [2.24, 2.45) is 11.8 Å². The van der Waals surface area contributed by atoms with Crippen molar-refractivity contribution in [3.8, 4) is 0 Å². The molecule has 0 unspecified atom stereocenters. The van der Waals surface area contributed by atoms with Crippen LogP contribution in [0.4, 0.5) is 0 Å². The number of carboxylic acids is 1. The molecule has 146 valence electrons. The fourth-order valence-corrected chi connectivity index (χ4v) is 4.60. The molecule has 0 aromatic carbocycles. The van der Waals surface area contributed by atoms with Gasteiger partial charge < -0.3 is 19.7 Å². The first kappa shape index (κ1) is 19.6. The van der Waals surface area contributed by atoms with Gasteiger partial charge in [0.15, 0.2) is 0 Å². The summed E-state index contributed by atoms with van der Waals surface area (Å²) < 4.78 is 12.3. The minimum absolute atomic E-state index is 0.0445. The van der Waals surface area contributed by atoms with Gasteiger partial charge in [-0.15, -0.1) is 0 Å². The first-order valence-electron chi connectivity index (χ1n) is 10.1. The molecule has 0 aromatic heterocycles. The molecule has 0 spiro atoms. The molecule has 7 atom stereocenters.